The van der Waals surface area contributed by atoms with Crippen LogP contribution in [0.5, 0.6) is 11.5 Å². The van der Waals surface area contributed by atoms with Gasteiger partial charge in [0, 0.05) is 20.1 Å². The summed E-state index contributed by atoms with van der Waals surface area (Å²) in [5.41, 5.74) is 1.00. The second-order valence-corrected chi connectivity index (χ2v) is 8.33. The lowest BCUT2D eigenvalue weighted by molar-refractivity contribution is 0.0553. The number of nitrogens with zero attached hydrogens (tertiary/aromatic N) is 2. The van der Waals surface area contributed by atoms with Gasteiger partial charge in [0.2, 0.25) is 0 Å². The van der Waals surface area contributed by atoms with Crippen LogP contribution in [-0.2, 0) is 9.68 Å². The molecule has 2 aromatic carbocycles. The minimum atomic E-state index is 0.0707. The SMILES string of the molecule is Oc1c(Br)cc(Br)cc1/C=N/OCCO/N=C/c1cc(Br)cc(Br)c1O. The molecule has 26 heavy (non-hydrogen) atoms. The second-order valence-electron chi connectivity index (χ2n) is 4.79. The van der Waals surface area contributed by atoms with Crippen LogP contribution in [0.2, 0.25) is 0 Å². The normalized spacial score (nSPS) is 11.4. The van der Waals surface area contributed by atoms with Gasteiger partial charge in [0.05, 0.1) is 21.4 Å². The molecule has 0 aliphatic rings. The Morgan fingerprint density at radius 2 is 1.12 bits per heavy atom. The summed E-state index contributed by atoms with van der Waals surface area (Å²) in [4.78, 5) is 10.1. The van der Waals surface area contributed by atoms with Crippen molar-refractivity contribution in [3.63, 3.8) is 0 Å². The van der Waals surface area contributed by atoms with Crippen molar-refractivity contribution in [2.24, 2.45) is 10.3 Å². The monoisotopic (exact) mass is 612 g/mol. The number of hydrogen-bond acceptors (Lipinski definition) is 6. The van der Waals surface area contributed by atoms with Crippen LogP contribution in [-0.4, -0.2) is 35.9 Å². The van der Waals surface area contributed by atoms with Gasteiger partial charge in [-0.1, -0.05) is 42.2 Å². The number of aromatic hydroxyl groups is 2. The predicted molar refractivity (Wildman–Crippen MR) is 114 cm³/mol. The first kappa shape index (κ1) is 21.2. The van der Waals surface area contributed by atoms with Crippen molar-refractivity contribution in [3.05, 3.63) is 53.3 Å². The van der Waals surface area contributed by atoms with E-state index in [2.05, 4.69) is 74.0 Å². The predicted octanol–water partition coefficient (Wildman–Crippen LogP) is 5.55. The zero-order valence-electron chi connectivity index (χ0n) is 13.0. The quantitative estimate of drug-likeness (QED) is 0.243. The molecule has 0 saturated heterocycles. The smallest absolute Gasteiger partial charge is 0.153 e. The molecule has 0 heterocycles. The minimum Gasteiger partial charge on any atom is -0.506 e. The van der Waals surface area contributed by atoms with Crippen LogP contribution < -0.4 is 0 Å². The Kier molecular flexibility index (Phi) is 8.39. The Morgan fingerprint density at radius 3 is 1.50 bits per heavy atom. The molecule has 2 aromatic rings. The van der Waals surface area contributed by atoms with Gasteiger partial charge in [0.25, 0.3) is 0 Å². The highest BCUT2D eigenvalue weighted by Gasteiger charge is 2.06. The van der Waals surface area contributed by atoms with Gasteiger partial charge >= 0.3 is 0 Å². The molecule has 0 unspecified atom stereocenters. The van der Waals surface area contributed by atoms with Crippen LogP contribution in [0, 0.1) is 0 Å². The lowest BCUT2D eigenvalue weighted by Gasteiger charge is -2.03. The zero-order chi connectivity index (χ0) is 19.1. The highest BCUT2D eigenvalue weighted by atomic mass is 79.9. The fourth-order valence-electron chi connectivity index (χ4n) is 1.74. The molecular formula is C16H12Br4N2O4. The van der Waals surface area contributed by atoms with Crippen LogP contribution in [0.15, 0.2) is 52.5 Å². The van der Waals surface area contributed by atoms with E-state index in [-0.39, 0.29) is 24.7 Å². The summed E-state index contributed by atoms with van der Waals surface area (Å²) < 4.78 is 2.69. The molecule has 0 aliphatic heterocycles. The topological polar surface area (TPSA) is 83.6 Å². The summed E-state index contributed by atoms with van der Waals surface area (Å²) >= 11 is 13.1. The summed E-state index contributed by atoms with van der Waals surface area (Å²) in [7, 11) is 0. The van der Waals surface area contributed by atoms with E-state index in [0.29, 0.717) is 20.1 Å². The maximum absolute atomic E-state index is 9.88. The molecule has 0 spiro atoms. The van der Waals surface area contributed by atoms with Gasteiger partial charge in [-0.05, 0) is 56.1 Å². The number of oxime groups is 2. The minimum absolute atomic E-state index is 0.0707. The van der Waals surface area contributed by atoms with E-state index in [1.165, 1.54) is 12.4 Å². The zero-order valence-corrected chi connectivity index (χ0v) is 19.3. The lowest BCUT2D eigenvalue weighted by Crippen LogP contribution is -1.98. The van der Waals surface area contributed by atoms with Gasteiger partial charge in [-0.15, -0.1) is 0 Å². The van der Waals surface area contributed by atoms with E-state index in [1.807, 2.05) is 0 Å². The van der Waals surface area contributed by atoms with Crippen molar-refractivity contribution in [3.8, 4) is 11.5 Å². The number of halogens is 4. The summed E-state index contributed by atoms with van der Waals surface area (Å²) in [6.07, 6.45) is 2.79. The molecule has 0 aliphatic carbocycles. The highest BCUT2D eigenvalue weighted by Crippen LogP contribution is 2.31. The van der Waals surface area contributed by atoms with Gasteiger partial charge in [-0.25, -0.2) is 0 Å². The second kappa shape index (κ2) is 10.3. The van der Waals surface area contributed by atoms with Crippen LogP contribution in [0.1, 0.15) is 11.1 Å². The van der Waals surface area contributed by atoms with Crippen LogP contribution in [0.4, 0.5) is 0 Å². The van der Waals surface area contributed by atoms with Crippen LogP contribution in [0.25, 0.3) is 0 Å². The average Bonchev–Trinajstić information content (AvgIpc) is 2.58. The summed E-state index contributed by atoms with van der Waals surface area (Å²) in [5.74, 6) is 0.141. The van der Waals surface area contributed by atoms with Crippen molar-refractivity contribution >= 4 is 76.1 Å². The van der Waals surface area contributed by atoms with E-state index >= 15 is 0 Å². The molecule has 0 saturated carbocycles. The van der Waals surface area contributed by atoms with Gasteiger partial charge in [-0.3, -0.25) is 0 Å². The molecule has 0 amide bonds. The van der Waals surface area contributed by atoms with Gasteiger partial charge < -0.3 is 19.9 Å². The average molecular weight is 616 g/mol. The number of hydrogen-bond donors (Lipinski definition) is 2. The molecule has 2 rings (SSSR count). The molecular weight excluding hydrogens is 604 g/mol. The molecule has 138 valence electrons. The van der Waals surface area contributed by atoms with E-state index < -0.39 is 0 Å². The molecule has 6 nitrogen and oxygen atoms in total. The fraction of sp³-hybridized carbons (Fsp3) is 0.125. The van der Waals surface area contributed by atoms with Crippen molar-refractivity contribution in [1.82, 2.24) is 0 Å². The Balaban J connectivity index is 1.78. The number of rotatable bonds is 7. The van der Waals surface area contributed by atoms with Crippen LogP contribution >= 0.6 is 63.7 Å². The third-order valence-corrected chi connectivity index (χ3v) is 5.04. The Hall–Kier alpha value is -1.10. The maximum atomic E-state index is 9.88. The molecule has 0 fully saturated rings. The van der Waals surface area contributed by atoms with Crippen molar-refractivity contribution in [1.29, 1.82) is 0 Å². The molecule has 0 bridgehead atoms. The van der Waals surface area contributed by atoms with Crippen molar-refractivity contribution in [2.75, 3.05) is 13.2 Å². The Bertz CT molecular complexity index is 774. The Labute approximate surface area is 183 Å². The van der Waals surface area contributed by atoms with Gasteiger partial charge in [0.1, 0.15) is 11.5 Å². The first-order valence-electron chi connectivity index (χ1n) is 7.05. The summed E-state index contributed by atoms with van der Waals surface area (Å²) in [6.45, 7) is 0.329. The molecule has 0 atom stereocenters. The van der Waals surface area contributed by atoms with E-state index in [1.54, 1.807) is 24.3 Å². The molecule has 10 heteroatoms. The maximum Gasteiger partial charge on any atom is 0.153 e. The molecule has 2 N–H and O–H groups in total. The molecule has 0 aromatic heterocycles. The van der Waals surface area contributed by atoms with Crippen LogP contribution in [0.3, 0.4) is 0 Å². The first-order valence-corrected chi connectivity index (χ1v) is 10.2. The highest BCUT2D eigenvalue weighted by molar-refractivity contribution is 9.11. The number of benzene rings is 2. The van der Waals surface area contributed by atoms with Crippen molar-refractivity contribution < 1.29 is 19.9 Å². The van der Waals surface area contributed by atoms with E-state index in [4.69, 9.17) is 9.68 Å². The summed E-state index contributed by atoms with van der Waals surface area (Å²) in [5, 5.41) is 27.3. The van der Waals surface area contributed by atoms with E-state index in [9.17, 15) is 10.2 Å². The third-order valence-electron chi connectivity index (χ3n) is 2.91. The number of phenolic OH excluding ortho intramolecular Hbond substituents is 2. The first-order chi connectivity index (χ1) is 12.4. The van der Waals surface area contributed by atoms with Gasteiger partial charge in [0.15, 0.2) is 13.2 Å². The largest absolute Gasteiger partial charge is 0.506 e. The molecule has 0 radical (unpaired) electrons. The summed E-state index contributed by atoms with van der Waals surface area (Å²) in [6, 6.07) is 6.86. The van der Waals surface area contributed by atoms with Gasteiger partial charge in [-0.2, -0.15) is 0 Å². The lowest BCUT2D eigenvalue weighted by atomic mass is 10.2. The third kappa shape index (κ3) is 6.26. The van der Waals surface area contributed by atoms with E-state index in [0.717, 1.165) is 8.95 Å². The standard InChI is InChI=1S/C16H12Br4N2O4/c17-11-3-9(15(23)13(19)5-11)7-21-25-1-2-26-22-8-10-4-12(18)6-14(20)16(10)24/h3-8,23-24H,1-2H2/b21-7+,22-8+. The number of phenols is 2. The van der Waals surface area contributed by atoms with Crippen molar-refractivity contribution in [2.45, 2.75) is 0 Å². The Morgan fingerprint density at radius 1 is 0.731 bits per heavy atom. The fourth-order valence-corrected chi connectivity index (χ4v) is 4.25.